The molecule has 0 radical (unpaired) electrons. The zero-order valence-corrected chi connectivity index (χ0v) is 15.3. The van der Waals surface area contributed by atoms with Gasteiger partial charge in [-0.3, -0.25) is 9.59 Å². The zero-order valence-electron chi connectivity index (χ0n) is 15.3. The highest BCUT2D eigenvalue weighted by Gasteiger charge is 2.25. The number of amides is 2. The van der Waals surface area contributed by atoms with E-state index in [0.29, 0.717) is 18.5 Å². The van der Waals surface area contributed by atoms with Crippen molar-refractivity contribution in [3.05, 3.63) is 60.2 Å². The van der Waals surface area contributed by atoms with E-state index in [1.165, 1.54) is 0 Å². The van der Waals surface area contributed by atoms with Crippen molar-refractivity contribution in [1.82, 2.24) is 10.2 Å². The first kappa shape index (κ1) is 18.2. The van der Waals surface area contributed by atoms with Crippen molar-refractivity contribution < 1.29 is 9.59 Å². The lowest BCUT2D eigenvalue weighted by atomic mass is 10.0. The van der Waals surface area contributed by atoms with Gasteiger partial charge < -0.3 is 10.2 Å². The highest BCUT2D eigenvalue weighted by Crippen LogP contribution is 2.21. The summed E-state index contributed by atoms with van der Waals surface area (Å²) in [6.45, 7) is 3.34. The monoisotopic (exact) mass is 350 g/mol. The summed E-state index contributed by atoms with van der Waals surface area (Å²) >= 11 is 0. The van der Waals surface area contributed by atoms with Gasteiger partial charge in [-0.1, -0.05) is 49.4 Å². The van der Waals surface area contributed by atoms with Crippen molar-refractivity contribution >= 4 is 11.8 Å². The number of likely N-dealkylation sites (tertiary alicyclic amines) is 1. The van der Waals surface area contributed by atoms with Crippen LogP contribution in [0.2, 0.25) is 0 Å². The van der Waals surface area contributed by atoms with E-state index in [1.807, 2.05) is 54.3 Å². The SMILES string of the molecule is CCCC(=O)NC1CCCN(C(=O)c2ccc(-c3ccccc3)cc2)C1. The molecule has 0 saturated carbocycles. The van der Waals surface area contributed by atoms with Crippen molar-refractivity contribution in [2.24, 2.45) is 0 Å². The number of carbonyl (C=O) groups excluding carboxylic acids is 2. The van der Waals surface area contributed by atoms with Crippen LogP contribution < -0.4 is 5.32 Å². The smallest absolute Gasteiger partial charge is 0.253 e. The molecule has 0 aromatic heterocycles. The molecule has 1 unspecified atom stereocenters. The number of piperidine rings is 1. The first-order valence-electron chi connectivity index (χ1n) is 9.41. The molecule has 1 aliphatic heterocycles. The third kappa shape index (κ3) is 4.51. The van der Waals surface area contributed by atoms with E-state index in [-0.39, 0.29) is 17.9 Å². The van der Waals surface area contributed by atoms with Gasteiger partial charge in [-0.05, 0) is 42.5 Å². The van der Waals surface area contributed by atoms with E-state index in [4.69, 9.17) is 0 Å². The predicted octanol–water partition coefficient (Wildman–Crippen LogP) is 3.87. The Hall–Kier alpha value is -2.62. The predicted molar refractivity (Wildman–Crippen MR) is 104 cm³/mol. The van der Waals surface area contributed by atoms with Crippen molar-refractivity contribution in [3.8, 4) is 11.1 Å². The molecule has 1 aliphatic rings. The number of nitrogens with one attached hydrogen (secondary N) is 1. The molecule has 2 aromatic rings. The number of nitrogens with zero attached hydrogens (tertiary/aromatic N) is 1. The van der Waals surface area contributed by atoms with Gasteiger partial charge >= 0.3 is 0 Å². The van der Waals surface area contributed by atoms with Gasteiger partial charge in [0, 0.05) is 31.1 Å². The van der Waals surface area contributed by atoms with Crippen LogP contribution in [0.15, 0.2) is 54.6 Å². The van der Waals surface area contributed by atoms with Gasteiger partial charge in [0.25, 0.3) is 5.91 Å². The summed E-state index contributed by atoms with van der Waals surface area (Å²) in [7, 11) is 0. The van der Waals surface area contributed by atoms with Crippen LogP contribution in [-0.4, -0.2) is 35.8 Å². The summed E-state index contributed by atoms with van der Waals surface area (Å²) in [5.74, 6) is 0.123. The Labute approximate surface area is 155 Å². The van der Waals surface area contributed by atoms with Crippen LogP contribution in [0, 0.1) is 0 Å². The summed E-state index contributed by atoms with van der Waals surface area (Å²) in [5.41, 5.74) is 2.94. The molecule has 2 amide bonds. The third-order valence-corrected chi connectivity index (χ3v) is 4.79. The van der Waals surface area contributed by atoms with Crippen molar-refractivity contribution in [2.75, 3.05) is 13.1 Å². The van der Waals surface area contributed by atoms with E-state index >= 15 is 0 Å². The molecule has 0 bridgehead atoms. The van der Waals surface area contributed by atoms with E-state index < -0.39 is 0 Å². The Morgan fingerprint density at radius 1 is 1.04 bits per heavy atom. The number of benzene rings is 2. The molecule has 4 nitrogen and oxygen atoms in total. The standard InChI is InChI=1S/C22H26N2O2/c1-2-7-21(25)23-20-10-6-15-24(16-20)22(26)19-13-11-18(12-14-19)17-8-4-3-5-9-17/h3-5,8-9,11-14,20H,2,6-7,10,15-16H2,1H3,(H,23,25). The highest BCUT2D eigenvalue weighted by molar-refractivity contribution is 5.94. The van der Waals surface area contributed by atoms with Gasteiger partial charge in [-0.2, -0.15) is 0 Å². The second-order valence-electron chi connectivity index (χ2n) is 6.85. The van der Waals surface area contributed by atoms with Crippen LogP contribution in [0.1, 0.15) is 43.0 Å². The maximum Gasteiger partial charge on any atom is 0.253 e. The quantitative estimate of drug-likeness (QED) is 0.890. The lowest BCUT2D eigenvalue weighted by molar-refractivity contribution is -0.122. The van der Waals surface area contributed by atoms with Crippen LogP contribution in [0.25, 0.3) is 11.1 Å². The van der Waals surface area contributed by atoms with Gasteiger partial charge in [-0.15, -0.1) is 0 Å². The van der Waals surface area contributed by atoms with Crippen molar-refractivity contribution in [3.63, 3.8) is 0 Å². The maximum absolute atomic E-state index is 12.8. The molecule has 1 N–H and O–H groups in total. The van der Waals surface area contributed by atoms with Crippen LogP contribution in [0.3, 0.4) is 0 Å². The van der Waals surface area contributed by atoms with Gasteiger partial charge in [0.2, 0.25) is 5.91 Å². The zero-order chi connectivity index (χ0) is 18.4. The van der Waals surface area contributed by atoms with Crippen LogP contribution >= 0.6 is 0 Å². The van der Waals surface area contributed by atoms with Crippen molar-refractivity contribution in [1.29, 1.82) is 0 Å². The first-order chi connectivity index (χ1) is 12.7. The summed E-state index contributed by atoms with van der Waals surface area (Å²) in [6, 6.07) is 18.0. The lowest BCUT2D eigenvalue weighted by Gasteiger charge is -2.33. The summed E-state index contributed by atoms with van der Waals surface area (Å²) < 4.78 is 0. The fourth-order valence-electron chi connectivity index (χ4n) is 3.42. The minimum atomic E-state index is 0.0408. The molecule has 1 heterocycles. The van der Waals surface area contributed by atoms with Gasteiger partial charge in [0.15, 0.2) is 0 Å². The molecule has 0 aliphatic carbocycles. The van der Waals surface area contributed by atoms with Gasteiger partial charge in [0.1, 0.15) is 0 Å². The fourth-order valence-corrected chi connectivity index (χ4v) is 3.42. The van der Waals surface area contributed by atoms with Gasteiger partial charge in [-0.25, -0.2) is 0 Å². The largest absolute Gasteiger partial charge is 0.352 e. The van der Waals surface area contributed by atoms with Crippen molar-refractivity contribution in [2.45, 2.75) is 38.6 Å². The molecule has 26 heavy (non-hydrogen) atoms. The minimum absolute atomic E-state index is 0.0408. The Morgan fingerprint density at radius 2 is 1.73 bits per heavy atom. The van der Waals surface area contributed by atoms with Crippen LogP contribution in [0.5, 0.6) is 0 Å². The Bertz CT molecular complexity index is 740. The summed E-state index contributed by atoms with van der Waals surface area (Å²) in [6.07, 6.45) is 3.25. The van der Waals surface area contributed by atoms with Crippen LogP contribution in [-0.2, 0) is 4.79 Å². The molecule has 4 heteroatoms. The maximum atomic E-state index is 12.8. The van der Waals surface area contributed by atoms with E-state index in [9.17, 15) is 9.59 Å². The van der Waals surface area contributed by atoms with Crippen LogP contribution in [0.4, 0.5) is 0 Å². The normalized spacial score (nSPS) is 17.0. The Balaban J connectivity index is 1.64. The topological polar surface area (TPSA) is 49.4 Å². The number of rotatable bonds is 5. The Kier molecular flexibility index (Phi) is 6.05. The van der Waals surface area contributed by atoms with E-state index in [2.05, 4.69) is 17.4 Å². The lowest BCUT2D eigenvalue weighted by Crippen LogP contribution is -2.49. The molecule has 1 fully saturated rings. The minimum Gasteiger partial charge on any atom is -0.352 e. The molecule has 1 atom stereocenters. The molecular weight excluding hydrogens is 324 g/mol. The average Bonchev–Trinajstić information content (AvgIpc) is 2.68. The fraction of sp³-hybridized carbons (Fsp3) is 0.364. The molecule has 2 aromatic carbocycles. The number of hydrogen-bond donors (Lipinski definition) is 1. The molecule has 3 rings (SSSR count). The van der Waals surface area contributed by atoms with E-state index in [0.717, 1.165) is 36.9 Å². The number of carbonyl (C=O) groups is 2. The Morgan fingerprint density at radius 3 is 2.42 bits per heavy atom. The summed E-state index contributed by atoms with van der Waals surface area (Å²) in [4.78, 5) is 26.5. The molecule has 136 valence electrons. The number of hydrogen-bond acceptors (Lipinski definition) is 2. The highest BCUT2D eigenvalue weighted by atomic mass is 16.2. The molecule has 1 saturated heterocycles. The third-order valence-electron chi connectivity index (χ3n) is 4.79. The second-order valence-corrected chi connectivity index (χ2v) is 6.85. The second kappa shape index (κ2) is 8.65. The average molecular weight is 350 g/mol. The molecular formula is C22H26N2O2. The van der Waals surface area contributed by atoms with Gasteiger partial charge in [0.05, 0.1) is 0 Å². The first-order valence-corrected chi connectivity index (χ1v) is 9.41. The summed E-state index contributed by atoms with van der Waals surface area (Å²) in [5, 5.41) is 3.05. The molecule has 0 spiro atoms. The van der Waals surface area contributed by atoms with E-state index in [1.54, 1.807) is 0 Å².